The smallest absolute Gasteiger partial charge is 0.0966 e. The zero-order chi connectivity index (χ0) is 15.4. The van der Waals surface area contributed by atoms with Gasteiger partial charge in [0.25, 0.3) is 0 Å². The summed E-state index contributed by atoms with van der Waals surface area (Å²) in [5.41, 5.74) is 3.00. The normalized spacial score (nSPS) is 11.4. The third kappa shape index (κ3) is 3.02. The minimum Gasteiger partial charge on any atom is -0.382 e. The maximum Gasteiger partial charge on any atom is 0.0966 e. The number of benzene rings is 1. The molecule has 4 heteroatoms. The molecule has 0 aliphatic heterocycles. The van der Waals surface area contributed by atoms with E-state index >= 15 is 0 Å². The summed E-state index contributed by atoms with van der Waals surface area (Å²) >= 11 is 0. The minimum absolute atomic E-state index is 0.931. The summed E-state index contributed by atoms with van der Waals surface area (Å²) in [6, 6.07) is 10.4. The first kappa shape index (κ1) is 14.7. The molecule has 114 valence electrons. The molecule has 0 fully saturated rings. The van der Waals surface area contributed by atoms with Crippen molar-refractivity contribution in [3.8, 4) is 0 Å². The fourth-order valence-electron chi connectivity index (χ4n) is 2.73. The van der Waals surface area contributed by atoms with Gasteiger partial charge in [-0.15, -0.1) is 0 Å². The molecule has 22 heavy (non-hydrogen) atoms. The molecule has 0 saturated carbocycles. The summed E-state index contributed by atoms with van der Waals surface area (Å²) in [5, 5.41) is 5.71. The van der Waals surface area contributed by atoms with Crippen LogP contribution >= 0.6 is 0 Å². The molecule has 0 unspecified atom stereocenters. The van der Waals surface area contributed by atoms with Gasteiger partial charge in [-0.05, 0) is 25.2 Å². The lowest BCUT2D eigenvalue weighted by molar-refractivity contribution is 0.316. The molecular weight excluding hydrogens is 272 g/mol. The minimum atomic E-state index is 0.931. The van der Waals surface area contributed by atoms with Gasteiger partial charge < -0.3 is 10.2 Å². The Kier molecular flexibility index (Phi) is 4.49. The molecule has 2 heterocycles. The van der Waals surface area contributed by atoms with Crippen LogP contribution < -0.4 is 5.32 Å². The van der Waals surface area contributed by atoms with Crippen molar-refractivity contribution in [3.05, 3.63) is 42.7 Å². The van der Waals surface area contributed by atoms with Gasteiger partial charge in [0.15, 0.2) is 0 Å². The topological polar surface area (TPSA) is 41.0 Å². The van der Waals surface area contributed by atoms with Crippen molar-refractivity contribution in [3.63, 3.8) is 0 Å². The number of nitrogens with zero attached hydrogens (tertiary/aromatic N) is 3. The average Bonchev–Trinajstić information content (AvgIpc) is 2.58. The van der Waals surface area contributed by atoms with Gasteiger partial charge in [-0.2, -0.15) is 0 Å². The van der Waals surface area contributed by atoms with Gasteiger partial charge in [-0.1, -0.05) is 32.0 Å². The standard InChI is InChI=1S/C18H22N4/c1-3-22(4-2)11-10-19-16-12-15-8-7-14-6-5-9-20-17(14)18(15)21-13-16/h5-9,12-13,19H,3-4,10-11H2,1-2H3. The molecule has 0 atom stereocenters. The van der Waals surface area contributed by atoms with E-state index < -0.39 is 0 Å². The lowest BCUT2D eigenvalue weighted by Crippen LogP contribution is -2.28. The van der Waals surface area contributed by atoms with Crippen molar-refractivity contribution < 1.29 is 0 Å². The zero-order valence-corrected chi connectivity index (χ0v) is 13.2. The maximum atomic E-state index is 4.61. The van der Waals surface area contributed by atoms with Crippen molar-refractivity contribution in [1.29, 1.82) is 0 Å². The molecule has 0 radical (unpaired) electrons. The summed E-state index contributed by atoms with van der Waals surface area (Å²) < 4.78 is 0. The Morgan fingerprint density at radius 1 is 1.00 bits per heavy atom. The SMILES string of the molecule is CCN(CC)CCNc1cnc2c(ccc3cccnc32)c1. The van der Waals surface area contributed by atoms with Gasteiger partial charge in [0.05, 0.1) is 22.9 Å². The van der Waals surface area contributed by atoms with Gasteiger partial charge in [-0.25, -0.2) is 0 Å². The van der Waals surface area contributed by atoms with Crippen molar-refractivity contribution in [2.24, 2.45) is 0 Å². The first-order valence-electron chi connectivity index (χ1n) is 7.91. The third-order valence-electron chi connectivity index (χ3n) is 4.07. The Morgan fingerprint density at radius 3 is 2.59 bits per heavy atom. The van der Waals surface area contributed by atoms with E-state index in [0.717, 1.165) is 53.7 Å². The van der Waals surface area contributed by atoms with Crippen LogP contribution in [-0.2, 0) is 0 Å². The second-order valence-corrected chi connectivity index (χ2v) is 5.39. The van der Waals surface area contributed by atoms with Gasteiger partial charge >= 0.3 is 0 Å². The number of rotatable bonds is 6. The van der Waals surface area contributed by atoms with Gasteiger partial charge in [0.2, 0.25) is 0 Å². The van der Waals surface area contributed by atoms with Gasteiger partial charge in [-0.3, -0.25) is 9.97 Å². The van der Waals surface area contributed by atoms with E-state index in [-0.39, 0.29) is 0 Å². The molecule has 0 saturated heterocycles. The average molecular weight is 294 g/mol. The summed E-state index contributed by atoms with van der Waals surface area (Å²) in [6.07, 6.45) is 3.72. The first-order valence-corrected chi connectivity index (χ1v) is 7.91. The zero-order valence-electron chi connectivity index (χ0n) is 13.2. The number of anilines is 1. The van der Waals surface area contributed by atoms with Crippen LogP contribution in [0.1, 0.15) is 13.8 Å². The highest BCUT2D eigenvalue weighted by atomic mass is 15.1. The monoisotopic (exact) mass is 294 g/mol. The quantitative estimate of drug-likeness (QED) is 0.706. The van der Waals surface area contributed by atoms with E-state index in [0.29, 0.717) is 0 Å². The molecule has 0 bridgehead atoms. The molecule has 1 aromatic carbocycles. The second-order valence-electron chi connectivity index (χ2n) is 5.39. The maximum absolute atomic E-state index is 4.61. The molecule has 0 aliphatic rings. The number of hydrogen-bond acceptors (Lipinski definition) is 4. The summed E-state index contributed by atoms with van der Waals surface area (Å²) in [6.45, 7) is 8.54. The number of aromatic nitrogens is 2. The Labute approximate surface area is 131 Å². The van der Waals surface area contributed by atoms with Crippen LogP contribution in [-0.4, -0.2) is 41.0 Å². The molecule has 0 aliphatic carbocycles. The largest absolute Gasteiger partial charge is 0.382 e. The Morgan fingerprint density at radius 2 is 1.77 bits per heavy atom. The lowest BCUT2D eigenvalue weighted by atomic mass is 10.1. The predicted molar refractivity (Wildman–Crippen MR) is 93.3 cm³/mol. The fraction of sp³-hybridized carbons (Fsp3) is 0.333. The lowest BCUT2D eigenvalue weighted by Gasteiger charge is -2.18. The van der Waals surface area contributed by atoms with Crippen LogP contribution in [0.5, 0.6) is 0 Å². The summed E-state index contributed by atoms with van der Waals surface area (Å²) in [5.74, 6) is 0. The van der Waals surface area contributed by atoms with E-state index in [2.05, 4.69) is 58.3 Å². The molecule has 0 amide bonds. The predicted octanol–water partition coefficient (Wildman–Crippen LogP) is 3.54. The molecule has 1 N–H and O–H groups in total. The van der Waals surface area contributed by atoms with E-state index in [1.54, 1.807) is 0 Å². The Balaban J connectivity index is 1.80. The Hall–Kier alpha value is -2.20. The number of pyridine rings is 2. The van der Waals surface area contributed by atoms with Crippen LogP contribution in [0.15, 0.2) is 42.7 Å². The number of likely N-dealkylation sites (N-methyl/N-ethyl adjacent to an activating group) is 1. The van der Waals surface area contributed by atoms with E-state index in [1.807, 2.05) is 18.5 Å². The van der Waals surface area contributed by atoms with Gasteiger partial charge in [0, 0.05) is 30.1 Å². The number of hydrogen-bond donors (Lipinski definition) is 1. The molecule has 4 nitrogen and oxygen atoms in total. The number of nitrogens with one attached hydrogen (secondary N) is 1. The van der Waals surface area contributed by atoms with Crippen LogP contribution in [0, 0.1) is 0 Å². The van der Waals surface area contributed by atoms with E-state index in [9.17, 15) is 0 Å². The van der Waals surface area contributed by atoms with Gasteiger partial charge in [0.1, 0.15) is 0 Å². The number of fused-ring (bicyclic) bond motifs is 3. The summed E-state index contributed by atoms with van der Waals surface area (Å²) in [7, 11) is 0. The highest BCUT2D eigenvalue weighted by Crippen LogP contribution is 2.23. The highest BCUT2D eigenvalue weighted by molar-refractivity contribution is 6.03. The molecular formula is C18H22N4. The van der Waals surface area contributed by atoms with Crippen LogP contribution in [0.4, 0.5) is 5.69 Å². The third-order valence-corrected chi connectivity index (χ3v) is 4.07. The fourth-order valence-corrected chi connectivity index (χ4v) is 2.73. The molecule has 3 rings (SSSR count). The Bertz CT molecular complexity index is 765. The van der Waals surface area contributed by atoms with Crippen molar-refractivity contribution in [2.45, 2.75) is 13.8 Å². The van der Waals surface area contributed by atoms with Crippen molar-refractivity contribution in [2.75, 3.05) is 31.5 Å². The molecule has 0 spiro atoms. The van der Waals surface area contributed by atoms with Crippen molar-refractivity contribution >= 4 is 27.5 Å². The van der Waals surface area contributed by atoms with E-state index in [4.69, 9.17) is 0 Å². The van der Waals surface area contributed by atoms with Crippen molar-refractivity contribution in [1.82, 2.24) is 14.9 Å². The molecule has 2 aromatic heterocycles. The van der Waals surface area contributed by atoms with E-state index in [1.165, 1.54) is 0 Å². The van der Waals surface area contributed by atoms with Crippen LogP contribution in [0.2, 0.25) is 0 Å². The first-order chi connectivity index (χ1) is 10.8. The summed E-state index contributed by atoms with van der Waals surface area (Å²) in [4.78, 5) is 11.5. The highest BCUT2D eigenvalue weighted by Gasteiger charge is 2.04. The second kappa shape index (κ2) is 6.71. The van der Waals surface area contributed by atoms with Crippen LogP contribution in [0.25, 0.3) is 21.8 Å². The molecule has 3 aromatic rings. The van der Waals surface area contributed by atoms with Crippen LogP contribution in [0.3, 0.4) is 0 Å².